The fraction of sp³-hybridized carbons (Fsp3) is 0. The summed E-state index contributed by atoms with van der Waals surface area (Å²) in [5, 5.41) is 0.0514. The number of halogens is 8. The van der Waals surface area contributed by atoms with Crippen LogP contribution in [0.5, 0.6) is 23.0 Å². The van der Waals surface area contributed by atoms with Crippen molar-refractivity contribution in [2.24, 2.45) is 0 Å². The Bertz CT molecular complexity index is 811. The Morgan fingerprint density at radius 3 is 0.760 bits per heavy atom. The Morgan fingerprint density at radius 1 is 0.360 bits per heavy atom. The molecule has 134 valence electrons. The predicted octanol–water partition coefficient (Wildman–Crippen LogP) is 7.59. The van der Waals surface area contributed by atoms with Gasteiger partial charge in [0, 0.05) is 0 Å². The zero-order chi connectivity index (χ0) is 18.3. The molecule has 0 saturated carbocycles. The molecule has 4 rings (SSSR count). The minimum absolute atomic E-state index is 0.00524. The van der Waals surface area contributed by atoms with Gasteiger partial charge < -0.3 is 0 Å². The van der Waals surface area contributed by atoms with E-state index in [9.17, 15) is 0 Å². The van der Waals surface area contributed by atoms with E-state index in [0.717, 1.165) is 0 Å². The van der Waals surface area contributed by atoms with Gasteiger partial charge in [-0.2, -0.15) is 0 Å². The molecular weight excluding hydrogens is 619 g/mol. The van der Waals surface area contributed by atoms with Crippen LogP contribution in [0.4, 0.5) is 0 Å². The normalized spacial score (nSPS) is 17.3. The fourth-order valence-electron chi connectivity index (χ4n) is 1.99. The quantitative estimate of drug-likeness (QED) is 0.173. The molecule has 2 aliphatic rings. The molecule has 0 atom stereocenters. The van der Waals surface area contributed by atoms with Crippen molar-refractivity contribution in [3.8, 4) is 23.0 Å². The standard InChI is InChI=1S/C12Cl8O4Te/c13-1-2(14)6(18)10-9(5(1)17)21-25(22-10)23-11-7(19)3(15)4(16)8(20)12(11)24-25. The number of rotatable bonds is 0. The molecule has 0 aliphatic carbocycles. The second kappa shape index (κ2) is 6.39. The second-order valence-electron chi connectivity index (χ2n) is 4.57. The summed E-state index contributed by atoms with van der Waals surface area (Å²) in [5.74, 6) is 0.220. The molecule has 1 spiro atoms. The number of hydrogen-bond donors (Lipinski definition) is 0. The summed E-state index contributed by atoms with van der Waals surface area (Å²) < 4.78 is 22.9. The first-order valence-corrected chi connectivity index (χ1v) is 12.8. The van der Waals surface area contributed by atoms with Crippen LogP contribution in [0.1, 0.15) is 0 Å². The van der Waals surface area contributed by atoms with Gasteiger partial charge >= 0.3 is 188 Å². The molecule has 2 heterocycles. The van der Waals surface area contributed by atoms with Crippen LogP contribution in [0.15, 0.2) is 0 Å². The Kier molecular flexibility index (Phi) is 4.88. The van der Waals surface area contributed by atoms with E-state index in [1.54, 1.807) is 0 Å². The average Bonchev–Trinajstić information content (AvgIpc) is 3.16. The van der Waals surface area contributed by atoms with Gasteiger partial charge in [0.25, 0.3) is 0 Å². The van der Waals surface area contributed by atoms with Gasteiger partial charge in [0.2, 0.25) is 0 Å². The van der Waals surface area contributed by atoms with Gasteiger partial charge in [-0.15, -0.1) is 0 Å². The topological polar surface area (TPSA) is 36.9 Å². The second-order valence-corrected chi connectivity index (χ2v) is 11.8. The maximum absolute atomic E-state index is 6.15. The first kappa shape index (κ1) is 19.1. The molecule has 2 aliphatic heterocycles. The summed E-state index contributed by atoms with van der Waals surface area (Å²) in [5.41, 5.74) is 0. The molecule has 13 heteroatoms. The number of hydrogen-bond acceptors (Lipinski definition) is 4. The van der Waals surface area contributed by atoms with E-state index in [4.69, 9.17) is 105 Å². The van der Waals surface area contributed by atoms with Gasteiger partial charge in [0.15, 0.2) is 0 Å². The van der Waals surface area contributed by atoms with E-state index >= 15 is 0 Å². The van der Waals surface area contributed by atoms with E-state index < -0.39 is 19.8 Å². The molecule has 0 fully saturated rings. The molecule has 2 aromatic rings. The molecular formula is C12Cl8O4Te. The maximum atomic E-state index is 6.15. The van der Waals surface area contributed by atoms with Gasteiger partial charge in [0.05, 0.1) is 0 Å². The molecule has 0 unspecified atom stereocenters. The van der Waals surface area contributed by atoms with Crippen molar-refractivity contribution in [3.63, 3.8) is 0 Å². The Labute approximate surface area is 186 Å². The zero-order valence-electron chi connectivity index (χ0n) is 11.1. The van der Waals surface area contributed by atoms with Gasteiger partial charge in [-0.25, -0.2) is 0 Å². The summed E-state index contributed by atoms with van der Waals surface area (Å²) in [4.78, 5) is 0. The number of fused-ring (bicyclic) bond motifs is 2. The molecule has 0 aromatic heterocycles. The van der Waals surface area contributed by atoms with Crippen molar-refractivity contribution >= 4 is 113 Å². The SMILES string of the molecule is Clc1c(Cl)c(Cl)c2c(c1Cl)O[Te]1(O2)Oc2c(Cl)c(Cl)c(Cl)c(Cl)c2O1. The van der Waals surface area contributed by atoms with E-state index in [1.807, 2.05) is 0 Å². The van der Waals surface area contributed by atoms with Crippen LogP contribution < -0.4 is 12.4 Å². The van der Waals surface area contributed by atoms with Gasteiger partial charge in [0.1, 0.15) is 0 Å². The van der Waals surface area contributed by atoms with Crippen LogP contribution in [0.3, 0.4) is 0 Å². The molecule has 0 amide bonds. The molecule has 0 bridgehead atoms. The third-order valence-corrected chi connectivity index (χ3v) is 10.9. The molecule has 0 radical (unpaired) electrons. The average molecular weight is 619 g/mol. The summed E-state index contributed by atoms with van der Waals surface area (Å²) in [6.45, 7) is 0. The molecule has 25 heavy (non-hydrogen) atoms. The first-order chi connectivity index (χ1) is 11.7. The predicted molar refractivity (Wildman–Crippen MR) is 101 cm³/mol. The van der Waals surface area contributed by atoms with E-state index in [0.29, 0.717) is 0 Å². The van der Waals surface area contributed by atoms with Crippen LogP contribution in [-0.4, -0.2) is 19.8 Å². The fourth-order valence-corrected chi connectivity index (χ4v) is 9.08. The van der Waals surface area contributed by atoms with E-state index in [1.165, 1.54) is 0 Å². The third-order valence-electron chi connectivity index (χ3n) is 3.11. The number of benzene rings is 2. The van der Waals surface area contributed by atoms with Crippen LogP contribution in [0, 0.1) is 0 Å². The minimum atomic E-state index is -4.51. The van der Waals surface area contributed by atoms with Crippen molar-refractivity contribution in [1.29, 1.82) is 0 Å². The summed E-state index contributed by atoms with van der Waals surface area (Å²) in [6.07, 6.45) is 0. The third kappa shape index (κ3) is 2.71. The van der Waals surface area contributed by atoms with Crippen molar-refractivity contribution in [3.05, 3.63) is 40.2 Å². The van der Waals surface area contributed by atoms with Crippen LogP contribution in [-0.2, 0) is 0 Å². The Balaban J connectivity index is 1.83. The van der Waals surface area contributed by atoms with Crippen molar-refractivity contribution in [1.82, 2.24) is 0 Å². The van der Waals surface area contributed by atoms with Gasteiger partial charge in [-0.05, 0) is 0 Å². The first-order valence-electron chi connectivity index (χ1n) is 6.00. The van der Waals surface area contributed by atoms with Gasteiger partial charge in [-0.1, -0.05) is 0 Å². The van der Waals surface area contributed by atoms with Crippen molar-refractivity contribution < 1.29 is 12.4 Å². The Hall–Kier alpha value is 0.750. The summed E-state index contributed by atoms with van der Waals surface area (Å²) in [6, 6.07) is 0. The van der Waals surface area contributed by atoms with Crippen LogP contribution >= 0.6 is 92.8 Å². The van der Waals surface area contributed by atoms with E-state index in [-0.39, 0.29) is 63.2 Å². The Morgan fingerprint density at radius 2 is 0.560 bits per heavy atom. The van der Waals surface area contributed by atoms with Crippen LogP contribution in [0.2, 0.25) is 40.2 Å². The van der Waals surface area contributed by atoms with Crippen LogP contribution in [0.25, 0.3) is 0 Å². The molecule has 0 N–H and O–H groups in total. The van der Waals surface area contributed by atoms with E-state index in [2.05, 4.69) is 0 Å². The monoisotopic (exact) mass is 618 g/mol. The van der Waals surface area contributed by atoms with Crippen molar-refractivity contribution in [2.75, 3.05) is 0 Å². The molecule has 0 saturated heterocycles. The van der Waals surface area contributed by atoms with Gasteiger partial charge in [-0.3, -0.25) is 0 Å². The summed E-state index contributed by atoms with van der Waals surface area (Å²) >= 11 is 44.2. The molecule has 4 nitrogen and oxygen atoms in total. The van der Waals surface area contributed by atoms with Crippen molar-refractivity contribution in [2.45, 2.75) is 0 Å². The zero-order valence-corrected chi connectivity index (χ0v) is 19.4. The molecule has 2 aromatic carbocycles. The summed E-state index contributed by atoms with van der Waals surface area (Å²) in [7, 11) is 0.